The molecule has 0 aliphatic carbocycles. The normalized spacial score (nSPS) is 10.8. The summed E-state index contributed by atoms with van der Waals surface area (Å²) in [6.45, 7) is -0.215. The van der Waals surface area contributed by atoms with Gasteiger partial charge in [0.2, 0.25) is 0 Å². The quantitative estimate of drug-likeness (QED) is 0.533. The Bertz CT molecular complexity index is 753. The largest absolute Gasteiger partial charge is 0.482 e. The number of hydrazone groups is 1. The van der Waals surface area contributed by atoms with Gasteiger partial charge < -0.3 is 4.74 Å². The van der Waals surface area contributed by atoms with E-state index in [1.165, 1.54) is 6.21 Å². The molecule has 0 atom stereocenters. The van der Waals surface area contributed by atoms with E-state index in [-0.39, 0.29) is 6.61 Å². The number of halogens is 4. The van der Waals surface area contributed by atoms with E-state index in [0.29, 0.717) is 26.4 Å². The Hall–Kier alpha value is -1.27. The molecule has 0 fully saturated rings. The molecule has 1 N–H and O–H groups in total. The van der Waals surface area contributed by atoms with Gasteiger partial charge in [0, 0.05) is 15.1 Å². The molecule has 0 heterocycles. The summed E-state index contributed by atoms with van der Waals surface area (Å²) in [6, 6.07) is 10.1. The fourth-order valence-corrected chi connectivity index (χ4v) is 2.73. The van der Waals surface area contributed by atoms with Gasteiger partial charge in [-0.05, 0) is 30.3 Å². The summed E-state index contributed by atoms with van der Waals surface area (Å²) >= 11 is 21.1. The Kier molecular flexibility index (Phi) is 6.72. The number of carbonyl (C=O) groups excluding carboxylic acids is 1. The van der Waals surface area contributed by atoms with Gasteiger partial charge in [-0.1, -0.05) is 56.8 Å². The first-order valence-corrected chi connectivity index (χ1v) is 8.23. The molecule has 23 heavy (non-hydrogen) atoms. The van der Waals surface area contributed by atoms with Crippen LogP contribution in [0.5, 0.6) is 5.75 Å². The van der Waals surface area contributed by atoms with Crippen molar-refractivity contribution in [2.24, 2.45) is 5.10 Å². The molecule has 0 aromatic heterocycles. The SMILES string of the molecule is O=C(COc1ccc(Br)cc1Cl)N/N=C/c1ccc(Cl)cc1Cl. The minimum atomic E-state index is -0.426. The van der Waals surface area contributed by atoms with E-state index < -0.39 is 5.91 Å². The standard InChI is InChI=1S/C15H10BrCl3N2O2/c16-10-2-4-14(13(19)5-10)23-8-15(22)21-20-7-9-1-3-11(17)6-12(9)18/h1-7H,8H2,(H,21,22)/b20-7+. The monoisotopic (exact) mass is 434 g/mol. The predicted molar refractivity (Wildman–Crippen MR) is 96.8 cm³/mol. The van der Waals surface area contributed by atoms with Crippen LogP contribution in [-0.4, -0.2) is 18.7 Å². The molecule has 0 unspecified atom stereocenters. The number of ether oxygens (including phenoxy) is 1. The number of benzene rings is 2. The zero-order valence-corrected chi connectivity index (χ0v) is 15.4. The second kappa shape index (κ2) is 8.55. The van der Waals surface area contributed by atoms with Gasteiger partial charge >= 0.3 is 0 Å². The lowest BCUT2D eigenvalue weighted by Gasteiger charge is -2.07. The van der Waals surface area contributed by atoms with Crippen molar-refractivity contribution in [2.75, 3.05) is 6.61 Å². The summed E-state index contributed by atoms with van der Waals surface area (Å²) < 4.78 is 6.14. The van der Waals surface area contributed by atoms with Crippen LogP contribution < -0.4 is 10.2 Å². The van der Waals surface area contributed by atoms with Crippen LogP contribution in [0.1, 0.15) is 5.56 Å². The van der Waals surface area contributed by atoms with Gasteiger partial charge in [-0.2, -0.15) is 5.10 Å². The minimum absolute atomic E-state index is 0.215. The number of nitrogens with one attached hydrogen (secondary N) is 1. The number of nitrogens with zero attached hydrogens (tertiary/aromatic N) is 1. The van der Waals surface area contributed by atoms with E-state index in [1.807, 2.05) is 0 Å². The predicted octanol–water partition coefficient (Wildman–Crippen LogP) is 4.94. The van der Waals surface area contributed by atoms with Crippen LogP contribution in [0.4, 0.5) is 0 Å². The van der Waals surface area contributed by atoms with E-state index in [2.05, 4.69) is 26.5 Å². The van der Waals surface area contributed by atoms with Crippen molar-refractivity contribution in [3.8, 4) is 5.75 Å². The van der Waals surface area contributed by atoms with Crippen molar-refractivity contribution in [2.45, 2.75) is 0 Å². The third kappa shape index (κ3) is 5.70. The minimum Gasteiger partial charge on any atom is -0.482 e. The number of hydrogen-bond donors (Lipinski definition) is 1. The van der Waals surface area contributed by atoms with Gasteiger partial charge in [0.15, 0.2) is 6.61 Å². The highest BCUT2D eigenvalue weighted by molar-refractivity contribution is 9.10. The zero-order chi connectivity index (χ0) is 16.8. The Balaban J connectivity index is 1.86. The van der Waals surface area contributed by atoms with Gasteiger partial charge in [0.25, 0.3) is 5.91 Å². The van der Waals surface area contributed by atoms with E-state index in [1.54, 1.807) is 36.4 Å². The van der Waals surface area contributed by atoms with Crippen LogP contribution in [-0.2, 0) is 4.79 Å². The Morgan fingerprint density at radius 3 is 2.65 bits per heavy atom. The van der Waals surface area contributed by atoms with Crippen molar-refractivity contribution in [1.82, 2.24) is 5.43 Å². The van der Waals surface area contributed by atoms with E-state index in [9.17, 15) is 4.79 Å². The van der Waals surface area contributed by atoms with E-state index in [0.717, 1.165) is 4.47 Å². The molecule has 4 nitrogen and oxygen atoms in total. The lowest BCUT2D eigenvalue weighted by Crippen LogP contribution is -2.24. The van der Waals surface area contributed by atoms with Crippen LogP contribution in [0.15, 0.2) is 46.0 Å². The third-order valence-electron chi connectivity index (χ3n) is 2.61. The topological polar surface area (TPSA) is 50.7 Å². The molecular formula is C15H10BrCl3N2O2. The second-order valence-electron chi connectivity index (χ2n) is 4.32. The van der Waals surface area contributed by atoms with Crippen LogP contribution in [0.3, 0.4) is 0 Å². The average molecular weight is 437 g/mol. The highest BCUT2D eigenvalue weighted by Gasteiger charge is 2.06. The Morgan fingerprint density at radius 2 is 1.96 bits per heavy atom. The van der Waals surface area contributed by atoms with E-state index in [4.69, 9.17) is 39.5 Å². The summed E-state index contributed by atoms with van der Waals surface area (Å²) in [7, 11) is 0. The number of hydrogen-bond acceptors (Lipinski definition) is 3. The summed E-state index contributed by atoms with van der Waals surface area (Å²) in [5.41, 5.74) is 2.97. The first-order chi connectivity index (χ1) is 11.0. The average Bonchev–Trinajstić information content (AvgIpc) is 2.48. The van der Waals surface area contributed by atoms with Crippen molar-refractivity contribution in [3.05, 3.63) is 61.5 Å². The molecule has 0 saturated heterocycles. The molecule has 2 aromatic carbocycles. The molecule has 2 aromatic rings. The highest BCUT2D eigenvalue weighted by Crippen LogP contribution is 2.27. The van der Waals surface area contributed by atoms with Crippen molar-refractivity contribution >= 4 is 62.9 Å². The fraction of sp³-hybridized carbons (Fsp3) is 0.0667. The van der Waals surface area contributed by atoms with Gasteiger partial charge in [-0.15, -0.1) is 0 Å². The third-order valence-corrected chi connectivity index (χ3v) is 3.96. The van der Waals surface area contributed by atoms with Gasteiger partial charge in [-0.25, -0.2) is 5.43 Å². The molecule has 8 heteroatoms. The van der Waals surface area contributed by atoms with Gasteiger partial charge in [0.05, 0.1) is 16.3 Å². The molecular weight excluding hydrogens is 426 g/mol. The van der Waals surface area contributed by atoms with Crippen molar-refractivity contribution in [3.63, 3.8) is 0 Å². The van der Waals surface area contributed by atoms with Crippen LogP contribution in [0, 0.1) is 0 Å². The Labute approximate surface area is 156 Å². The van der Waals surface area contributed by atoms with Crippen molar-refractivity contribution < 1.29 is 9.53 Å². The Morgan fingerprint density at radius 1 is 1.17 bits per heavy atom. The highest BCUT2D eigenvalue weighted by atomic mass is 79.9. The van der Waals surface area contributed by atoms with E-state index >= 15 is 0 Å². The molecule has 0 bridgehead atoms. The molecule has 0 aliphatic rings. The molecule has 0 saturated carbocycles. The first kappa shape index (κ1) is 18.1. The summed E-state index contributed by atoms with van der Waals surface area (Å²) in [6.07, 6.45) is 1.42. The first-order valence-electron chi connectivity index (χ1n) is 6.30. The summed E-state index contributed by atoms with van der Waals surface area (Å²) in [5.74, 6) is -0.0138. The smallest absolute Gasteiger partial charge is 0.277 e. The second-order valence-corrected chi connectivity index (χ2v) is 6.49. The molecule has 2 rings (SSSR count). The molecule has 0 radical (unpaired) electrons. The van der Waals surface area contributed by atoms with Gasteiger partial charge in [-0.3, -0.25) is 4.79 Å². The van der Waals surface area contributed by atoms with Crippen LogP contribution in [0.2, 0.25) is 15.1 Å². The molecule has 0 spiro atoms. The maximum Gasteiger partial charge on any atom is 0.277 e. The maximum absolute atomic E-state index is 11.7. The number of amides is 1. The summed E-state index contributed by atoms with van der Waals surface area (Å²) in [5, 5.41) is 5.18. The zero-order valence-electron chi connectivity index (χ0n) is 11.5. The van der Waals surface area contributed by atoms with Gasteiger partial charge in [0.1, 0.15) is 5.75 Å². The lowest BCUT2D eigenvalue weighted by atomic mass is 10.2. The number of rotatable bonds is 5. The maximum atomic E-state index is 11.7. The van der Waals surface area contributed by atoms with Crippen molar-refractivity contribution in [1.29, 1.82) is 0 Å². The fourth-order valence-electron chi connectivity index (χ4n) is 1.55. The molecule has 0 aliphatic heterocycles. The molecule has 120 valence electrons. The number of carbonyl (C=O) groups is 1. The van der Waals surface area contributed by atoms with Crippen LogP contribution >= 0.6 is 50.7 Å². The summed E-state index contributed by atoms with van der Waals surface area (Å²) in [4.78, 5) is 11.7. The van der Waals surface area contributed by atoms with Crippen LogP contribution in [0.25, 0.3) is 0 Å². The lowest BCUT2D eigenvalue weighted by molar-refractivity contribution is -0.123. The molecule has 1 amide bonds.